The van der Waals surface area contributed by atoms with Crippen molar-refractivity contribution >= 4 is 72.3 Å². The van der Waals surface area contributed by atoms with Gasteiger partial charge in [0.05, 0.1) is 16.2 Å². The van der Waals surface area contributed by atoms with Crippen molar-refractivity contribution < 1.29 is 17.9 Å². The van der Waals surface area contributed by atoms with Gasteiger partial charge in [0.1, 0.15) is 11.3 Å². The van der Waals surface area contributed by atoms with Crippen LogP contribution >= 0.6 is 35.3 Å². The van der Waals surface area contributed by atoms with Crippen LogP contribution in [-0.2, 0) is 10.0 Å². The monoisotopic (exact) mass is 635 g/mol. The van der Waals surface area contributed by atoms with Gasteiger partial charge in [-0.2, -0.15) is 0 Å². The fourth-order valence-electron chi connectivity index (χ4n) is 4.43. The van der Waals surface area contributed by atoms with Crippen molar-refractivity contribution in [3.8, 4) is 5.75 Å². The van der Waals surface area contributed by atoms with Crippen LogP contribution in [0.2, 0.25) is 5.02 Å². The Morgan fingerprint density at radius 1 is 1.02 bits per heavy atom. The van der Waals surface area contributed by atoms with E-state index in [1.807, 2.05) is 19.1 Å². The number of piperazine rings is 1. The zero-order valence-corrected chi connectivity index (χ0v) is 25.6. The maximum absolute atomic E-state index is 12.6. The average molecular weight is 637 g/mol. The predicted molar refractivity (Wildman–Crippen MR) is 168 cm³/mol. The van der Waals surface area contributed by atoms with Gasteiger partial charge in [0.15, 0.2) is 5.13 Å². The van der Waals surface area contributed by atoms with Crippen molar-refractivity contribution in [1.82, 2.24) is 15.2 Å². The Morgan fingerprint density at radius 3 is 2.41 bits per heavy atom. The lowest BCUT2D eigenvalue weighted by molar-refractivity contribution is 0.0948. The second kappa shape index (κ2) is 13.7. The molecule has 1 saturated heterocycles. The lowest BCUT2D eigenvalue weighted by Crippen LogP contribution is -2.48. The Balaban J connectivity index is 0.00000387. The topological polar surface area (TPSA) is 104 Å². The predicted octanol–water partition coefficient (Wildman–Crippen LogP) is 5.12. The molecule has 4 aromatic rings. The van der Waals surface area contributed by atoms with E-state index in [0.717, 1.165) is 53.8 Å². The number of amides is 1. The number of thiazole rings is 1. The summed E-state index contributed by atoms with van der Waals surface area (Å²) in [5.41, 5.74) is 1.75. The van der Waals surface area contributed by atoms with Gasteiger partial charge in [-0.15, -0.1) is 12.4 Å². The number of nitrogens with zero attached hydrogens (tertiary/aromatic N) is 3. The first-order valence-electron chi connectivity index (χ1n) is 13.0. The molecule has 0 saturated carbocycles. The Hall–Kier alpha value is -3.09. The van der Waals surface area contributed by atoms with Crippen molar-refractivity contribution in [3.05, 3.63) is 77.3 Å². The number of para-hydroxylation sites is 1. The highest BCUT2D eigenvalue weighted by atomic mass is 35.5. The summed E-state index contributed by atoms with van der Waals surface area (Å²) in [6, 6.07) is 18.3. The van der Waals surface area contributed by atoms with Gasteiger partial charge in [-0.05, 0) is 67.6 Å². The fourth-order valence-corrected chi connectivity index (χ4v) is 6.65. The molecule has 1 amide bonds. The van der Waals surface area contributed by atoms with E-state index in [0.29, 0.717) is 29.4 Å². The van der Waals surface area contributed by atoms with Crippen LogP contribution in [0.3, 0.4) is 0 Å². The number of aromatic nitrogens is 1. The Kier molecular flexibility index (Phi) is 10.3. The molecule has 0 radical (unpaired) electrons. The highest BCUT2D eigenvalue weighted by Crippen LogP contribution is 2.34. The molecule has 218 valence electrons. The van der Waals surface area contributed by atoms with Crippen LogP contribution in [0.4, 0.5) is 10.8 Å². The second-order valence-electron chi connectivity index (χ2n) is 9.25. The quantitative estimate of drug-likeness (QED) is 0.249. The van der Waals surface area contributed by atoms with Gasteiger partial charge in [0, 0.05) is 55.5 Å². The molecule has 41 heavy (non-hydrogen) atoms. The van der Waals surface area contributed by atoms with Crippen LogP contribution in [0.25, 0.3) is 10.2 Å². The number of halogens is 2. The summed E-state index contributed by atoms with van der Waals surface area (Å²) >= 11 is 7.52. The normalized spacial score (nSPS) is 14.0. The minimum Gasteiger partial charge on any atom is -0.492 e. The molecule has 2 N–H and O–H groups in total. The van der Waals surface area contributed by atoms with E-state index < -0.39 is 10.0 Å². The zero-order chi connectivity index (χ0) is 28.1. The number of hydrogen-bond donors (Lipinski definition) is 2. The maximum atomic E-state index is 12.6. The average Bonchev–Trinajstić information content (AvgIpc) is 3.39. The van der Waals surface area contributed by atoms with Gasteiger partial charge >= 0.3 is 0 Å². The largest absolute Gasteiger partial charge is 0.492 e. The van der Waals surface area contributed by atoms with Crippen molar-refractivity contribution in [1.29, 1.82) is 0 Å². The van der Waals surface area contributed by atoms with Gasteiger partial charge in [0.2, 0.25) is 0 Å². The SMILES string of the molecule is CCOc1cccc2sc(N3CCN(CCNC(=O)c4ccc(NS(=O)(=O)c5ccc(Cl)cc5)cc4)CC3)nc12.Cl. The molecule has 1 aliphatic heterocycles. The molecule has 13 heteroatoms. The van der Waals surface area contributed by atoms with E-state index in [1.165, 1.54) is 24.3 Å². The van der Waals surface area contributed by atoms with Crippen molar-refractivity contribution in [2.75, 3.05) is 55.5 Å². The smallest absolute Gasteiger partial charge is 0.261 e. The van der Waals surface area contributed by atoms with Crippen LogP contribution in [0.5, 0.6) is 5.75 Å². The minimum atomic E-state index is -3.75. The first-order chi connectivity index (χ1) is 19.3. The van der Waals surface area contributed by atoms with Gasteiger partial charge in [-0.25, -0.2) is 13.4 Å². The molecule has 0 aliphatic carbocycles. The molecule has 0 atom stereocenters. The highest BCUT2D eigenvalue weighted by molar-refractivity contribution is 7.92. The van der Waals surface area contributed by atoms with Crippen LogP contribution in [-0.4, -0.2) is 70.1 Å². The van der Waals surface area contributed by atoms with Crippen LogP contribution in [0.15, 0.2) is 71.6 Å². The number of nitrogens with one attached hydrogen (secondary N) is 2. The number of hydrogen-bond acceptors (Lipinski definition) is 8. The van der Waals surface area contributed by atoms with E-state index in [1.54, 1.807) is 35.6 Å². The third-order valence-electron chi connectivity index (χ3n) is 6.55. The third kappa shape index (κ3) is 7.60. The number of carbonyl (C=O) groups is 1. The summed E-state index contributed by atoms with van der Waals surface area (Å²) in [5.74, 6) is 0.621. The van der Waals surface area contributed by atoms with E-state index in [9.17, 15) is 13.2 Å². The second-order valence-corrected chi connectivity index (χ2v) is 12.4. The lowest BCUT2D eigenvalue weighted by Gasteiger charge is -2.34. The van der Waals surface area contributed by atoms with Crippen LogP contribution < -0.4 is 19.7 Å². The van der Waals surface area contributed by atoms with Crippen molar-refractivity contribution in [2.24, 2.45) is 0 Å². The van der Waals surface area contributed by atoms with Gasteiger partial charge in [0.25, 0.3) is 15.9 Å². The van der Waals surface area contributed by atoms with E-state index in [-0.39, 0.29) is 23.2 Å². The molecule has 5 rings (SSSR count). The first-order valence-corrected chi connectivity index (χ1v) is 15.7. The fraction of sp³-hybridized carbons (Fsp3) is 0.286. The molecule has 1 fully saturated rings. The maximum Gasteiger partial charge on any atom is 0.261 e. The van der Waals surface area contributed by atoms with E-state index in [4.69, 9.17) is 21.3 Å². The molecule has 1 aliphatic rings. The number of carbonyl (C=O) groups excluding carboxylic acids is 1. The summed E-state index contributed by atoms with van der Waals surface area (Å²) in [6.07, 6.45) is 0. The molecule has 2 heterocycles. The Bertz CT molecular complexity index is 1570. The number of sulfonamides is 1. The van der Waals surface area contributed by atoms with Gasteiger partial charge in [-0.1, -0.05) is 29.0 Å². The highest BCUT2D eigenvalue weighted by Gasteiger charge is 2.21. The molecule has 0 unspecified atom stereocenters. The van der Waals surface area contributed by atoms with Crippen molar-refractivity contribution in [3.63, 3.8) is 0 Å². The zero-order valence-electron chi connectivity index (χ0n) is 22.4. The number of rotatable bonds is 10. The molecular formula is C28H31Cl2N5O4S2. The summed E-state index contributed by atoms with van der Waals surface area (Å²) in [5, 5.41) is 4.42. The summed E-state index contributed by atoms with van der Waals surface area (Å²) in [4.78, 5) is 22.2. The number of anilines is 2. The summed E-state index contributed by atoms with van der Waals surface area (Å²) in [7, 11) is -3.75. The molecule has 0 bridgehead atoms. The number of fused-ring (bicyclic) bond motifs is 1. The van der Waals surface area contributed by atoms with Crippen molar-refractivity contribution in [2.45, 2.75) is 11.8 Å². The van der Waals surface area contributed by atoms with Crippen LogP contribution in [0.1, 0.15) is 17.3 Å². The van der Waals surface area contributed by atoms with Crippen LogP contribution in [0, 0.1) is 0 Å². The summed E-state index contributed by atoms with van der Waals surface area (Å²) < 4.78 is 34.5. The molecule has 1 aromatic heterocycles. The third-order valence-corrected chi connectivity index (χ3v) is 9.28. The number of benzene rings is 3. The number of ether oxygens (including phenoxy) is 1. The minimum absolute atomic E-state index is 0. The standard InChI is InChI=1S/C28H30ClN5O4S2.ClH/c1-2-38-24-4-3-5-25-26(24)31-28(39-25)34-18-16-33(17-19-34)15-14-30-27(35)20-6-10-22(11-7-20)32-40(36,37)23-12-8-21(29)9-13-23;/h3-13,32H,2,14-19H2,1H3,(H,30,35);1H. The Labute approximate surface area is 254 Å². The van der Waals surface area contributed by atoms with E-state index >= 15 is 0 Å². The molecular weight excluding hydrogens is 605 g/mol. The first kappa shape index (κ1) is 30.9. The van der Waals surface area contributed by atoms with E-state index in [2.05, 4.69) is 25.9 Å². The van der Waals surface area contributed by atoms with Gasteiger partial charge in [-0.3, -0.25) is 14.4 Å². The lowest BCUT2D eigenvalue weighted by atomic mass is 10.2. The molecule has 3 aromatic carbocycles. The van der Waals surface area contributed by atoms with Gasteiger partial charge < -0.3 is 15.0 Å². The summed E-state index contributed by atoms with van der Waals surface area (Å²) in [6.45, 7) is 7.34. The molecule has 0 spiro atoms. The Morgan fingerprint density at radius 2 is 1.73 bits per heavy atom. The molecule has 9 nitrogen and oxygen atoms in total.